The first-order valence-corrected chi connectivity index (χ1v) is 5.39. The second-order valence-corrected chi connectivity index (χ2v) is 4.51. The van der Waals surface area contributed by atoms with Crippen LogP contribution in [-0.2, 0) is 4.79 Å². The third-order valence-electron chi connectivity index (χ3n) is 2.69. The van der Waals surface area contributed by atoms with E-state index in [0.29, 0.717) is 0 Å². The third-order valence-corrected chi connectivity index (χ3v) is 2.69. The van der Waals surface area contributed by atoms with Gasteiger partial charge in [0, 0.05) is 6.04 Å². The molecule has 2 unspecified atom stereocenters. The molecule has 7 heteroatoms. The van der Waals surface area contributed by atoms with Crippen LogP contribution >= 0.6 is 0 Å². The van der Waals surface area contributed by atoms with Crippen molar-refractivity contribution in [3.05, 3.63) is 0 Å². The molecule has 0 saturated heterocycles. The van der Waals surface area contributed by atoms with Crippen LogP contribution in [0.4, 0.5) is 13.2 Å². The molecule has 0 heterocycles. The molecule has 0 spiro atoms. The van der Waals surface area contributed by atoms with Crippen LogP contribution in [0.3, 0.4) is 0 Å². The number of hydrogen-bond acceptors (Lipinski definition) is 3. The van der Waals surface area contributed by atoms with E-state index in [2.05, 4.69) is 0 Å². The number of primary amides is 1. The zero-order chi connectivity index (χ0) is 13.9. The van der Waals surface area contributed by atoms with Gasteiger partial charge in [0.25, 0.3) is 0 Å². The fourth-order valence-electron chi connectivity index (χ4n) is 1.65. The van der Waals surface area contributed by atoms with Crippen LogP contribution < -0.4 is 11.5 Å². The lowest BCUT2D eigenvalue weighted by Crippen LogP contribution is -2.54. The minimum atomic E-state index is -4.26. The highest BCUT2D eigenvalue weighted by atomic mass is 19.4. The summed E-state index contributed by atoms with van der Waals surface area (Å²) >= 11 is 0. The molecule has 0 aromatic carbocycles. The quantitative estimate of drug-likeness (QED) is 0.739. The second-order valence-electron chi connectivity index (χ2n) is 4.51. The summed E-state index contributed by atoms with van der Waals surface area (Å²) in [5.74, 6) is -0.715. The van der Waals surface area contributed by atoms with Crippen molar-refractivity contribution in [2.45, 2.75) is 44.9 Å². The maximum absolute atomic E-state index is 12.3. The van der Waals surface area contributed by atoms with Gasteiger partial charge >= 0.3 is 6.18 Å². The summed E-state index contributed by atoms with van der Waals surface area (Å²) in [6.45, 7) is 3.87. The molecule has 0 aliphatic rings. The Morgan fingerprint density at radius 3 is 2.18 bits per heavy atom. The van der Waals surface area contributed by atoms with Crippen molar-refractivity contribution < 1.29 is 18.0 Å². The van der Waals surface area contributed by atoms with Crippen molar-refractivity contribution in [1.82, 2.24) is 4.90 Å². The van der Waals surface area contributed by atoms with Gasteiger partial charge in [-0.1, -0.05) is 6.92 Å². The highest BCUT2D eigenvalue weighted by molar-refractivity contribution is 5.83. The van der Waals surface area contributed by atoms with Crippen molar-refractivity contribution in [2.24, 2.45) is 11.5 Å². The number of alkyl halides is 3. The zero-order valence-electron chi connectivity index (χ0n) is 10.3. The van der Waals surface area contributed by atoms with Crippen LogP contribution in [0.25, 0.3) is 0 Å². The smallest absolute Gasteiger partial charge is 0.368 e. The first-order chi connectivity index (χ1) is 7.49. The van der Waals surface area contributed by atoms with E-state index in [9.17, 15) is 18.0 Å². The van der Waals surface area contributed by atoms with Crippen LogP contribution in [0.5, 0.6) is 0 Å². The minimum absolute atomic E-state index is 0.0895. The summed E-state index contributed by atoms with van der Waals surface area (Å²) in [6, 6.07) is -0.468. The lowest BCUT2D eigenvalue weighted by molar-refractivity contribution is -0.150. The number of hydrogen-bond donors (Lipinski definition) is 2. The van der Waals surface area contributed by atoms with E-state index in [1.807, 2.05) is 0 Å². The molecule has 0 aromatic rings. The van der Waals surface area contributed by atoms with E-state index in [1.165, 1.54) is 11.8 Å². The zero-order valence-corrected chi connectivity index (χ0v) is 10.3. The van der Waals surface area contributed by atoms with Gasteiger partial charge in [-0.3, -0.25) is 9.69 Å². The first-order valence-electron chi connectivity index (χ1n) is 5.39. The monoisotopic (exact) mass is 255 g/mol. The highest BCUT2D eigenvalue weighted by Gasteiger charge is 2.35. The summed E-state index contributed by atoms with van der Waals surface area (Å²) in [4.78, 5) is 12.2. The average Bonchev–Trinajstić information content (AvgIpc) is 2.11. The van der Waals surface area contributed by atoms with Gasteiger partial charge in [-0.15, -0.1) is 0 Å². The minimum Gasteiger partial charge on any atom is -0.368 e. The van der Waals surface area contributed by atoms with Crippen molar-refractivity contribution in [3.63, 3.8) is 0 Å². The molecule has 0 bridgehead atoms. The van der Waals surface area contributed by atoms with Crippen molar-refractivity contribution in [1.29, 1.82) is 0 Å². The number of halogens is 3. The fourth-order valence-corrected chi connectivity index (χ4v) is 1.65. The molecular formula is C10H20F3N3O. The summed E-state index contributed by atoms with van der Waals surface area (Å²) in [5, 5.41) is 0. The predicted octanol–water partition coefficient (Wildman–Crippen LogP) is 0.852. The standard InChI is InChI=1S/C10H20F3N3O/c1-4-16(6-10(11,12)13)7(2)5-9(3,15)8(14)17/h7H,4-6,15H2,1-3H3,(H2,14,17). The van der Waals surface area contributed by atoms with Gasteiger partial charge in [-0.05, 0) is 26.8 Å². The highest BCUT2D eigenvalue weighted by Crippen LogP contribution is 2.20. The Balaban J connectivity index is 4.56. The van der Waals surface area contributed by atoms with Crippen molar-refractivity contribution in [3.8, 4) is 0 Å². The number of amides is 1. The van der Waals surface area contributed by atoms with Gasteiger partial charge in [0.2, 0.25) is 5.91 Å². The lowest BCUT2D eigenvalue weighted by Gasteiger charge is -2.33. The van der Waals surface area contributed by atoms with E-state index < -0.39 is 30.2 Å². The van der Waals surface area contributed by atoms with Crippen LogP contribution in [0.2, 0.25) is 0 Å². The fraction of sp³-hybridized carbons (Fsp3) is 0.900. The van der Waals surface area contributed by atoms with Gasteiger partial charge in [-0.2, -0.15) is 13.2 Å². The van der Waals surface area contributed by atoms with Crippen LogP contribution in [0, 0.1) is 0 Å². The molecule has 4 nitrogen and oxygen atoms in total. The van der Waals surface area contributed by atoms with Gasteiger partial charge in [0.1, 0.15) is 0 Å². The van der Waals surface area contributed by atoms with Gasteiger partial charge in [-0.25, -0.2) is 0 Å². The molecule has 4 N–H and O–H groups in total. The van der Waals surface area contributed by atoms with Crippen molar-refractivity contribution >= 4 is 5.91 Å². The van der Waals surface area contributed by atoms with Crippen LogP contribution in [0.1, 0.15) is 27.2 Å². The Morgan fingerprint density at radius 2 is 1.88 bits per heavy atom. The lowest BCUT2D eigenvalue weighted by atomic mass is 9.93. The SMILES string of the molecule is CCN(CC(F)(F)F)C(C)CC(C)(N)C(N)=O. The molecule has 0 aliphatic carbocycles. The van der Waals surface area contributed by atoms with E-state index in [4.69, 9.17) is 11.5 Å². The Kier molecular flexibility index (Phi) is 5.41. The van der Waals surface area contributed by atoms with Gasteiger partial charge < -0.3 is 11.5 Å². The number of nitrogens with two attached hydrogens (primary N) is 2. The number of rotatable bonds is 6. The molecule has 0 aromatic heterocycles. The summed E-state index contributed by atoms with van der Waals surface area (Å²) in [7, 11) is 0. The Labute approximate surface area is 99.1 Å². The molecule has 0 fully saturated rings. The maximum Gasteiger partial charge on any atom is 0.401 e. The molecule has 17 heavy (non-hydrogen) atoms. The molecule has 0 rings (SSSR count). The molecular weight excluding hydrogens is 235 g/mol. The van der Waals surface area contributed by atoms with Crippen molar-refractivity contribution in [2.75, 3.05) is 13.1 Å². The van der Waals surface area contributed by atoms with E-state index in [0.717, 1.165) is 0 Å². The topological polar surface area (TPSA) is 72.3 Å². The maximum atomic E-state index is 12.3. The Morgan fingerprint density at radius 1 is 1.41 bits per heavy atom. The Bertz CT molecular complexity index is 266. The van der Waals surface area contributed by atoms with Crippen LogP contribution in [0.15, 0.2) is 0 Å². The van der Waals surface area contributed by atoms with Crippen LogP contribution in [-0.4, -0.2) is 41.7 Å². The normalized spacial score (nSPS) is 17.9. The molecule has 0 aliphatic heterocycles. The summed E-state index contributed by atoms with van der Waals surface area (Å²) in [5.41, 5.74) is 9.42. The largest absolute Gasteiger partial charge is 0.401 e. The van der Waals surface area contributed by atoms with Gasteiger partial charge in [0.15, 0.2) is 0 Å². The number of nitrogens with zero attached hydrogens (tertiary/aromatic N) is 1. The van der Waals surface area contributed by atoms with E-state index >= 15 is 0 Å². The molecule has 102 valence electrons. The predicted molar refractivity (Wildman–Crippen MR) is 59.2 cm³/mol. The van der Waals surface area contributed by atoms with E-state index in [1.54, 1.807) is 13.8 Å². The average molecular weight is 255 g/mol. The molecule has 0 radical (unpaired) electrons. The number of carbonyl (C=O) groups excluding carboxylic acids is 1. The molecule has 0 saturated carbocycles. The first kappa shape index (κ1) is 16.2. The van der Waals surface area contributed by atoms with E-state index in [-0.39, 0.29) is 13.0 Å². The summed E-state index contributed by atoms with van der Waals surface area (Å²) in [6.07, 6.45) is -4.17. The second kappa shape index (κ2) is 5.68. The molecule has 1 amide bonds. The van der Waals surface area contributed by atoms with Gasteiger partial charge in [0.05, 0.1) is 12.1 Å². The Hall–Kier alpha value is -0.820. The molecule has 2 atom stereocenters. The number of carbonyl (C=O) groups is 1. The third kappa shape index (κ3) is 5.88. The summed E-state index contributed by atoms with van der Waals surface area (Å²) < 4.78 is 36.8.